The van der Waals surface area contributed by atoms with Gasteiger partial charge < -0.3 is 10.3 Å². The van der Waals surface area contributed by atoms with E-state index in [4.69, 9.17) is 10.3 Å². The highest BCUT2D eigenvalue weighted by Crippen LogP contribution is 2.38. The van der Waals surface area contributed by atoms with Crippen molar-refractivity contribution in [3.63, 3.8) is 0 Å². The van der Waals surface area contributed by atoms with E-state index in [9.17, 15) is 0 Å². The van der Waals surface area contributed by atoms with Gasteiger partial charge in [0.15, 0.2) is 11.6 Å². The van der Waals surface area contributed by atoms with E-state index in [0.717, 1.165) is 25.6 Å². The van der Waals surface area contributed by atoms with Crippen molar-refractivity contribution in [3.05, 3.63) is 57.5 Å². The first-order valence-electron chi connectivity index (χ1n) is 5.92. The Balaban J connectivity index is 2.21. The van der Waals surface area contributed by atoms with Gasteiger partial charge in [0.25, 0.3) is 0 Å². The van der Waals surface area contributed by atoms with E-state index in [2.05, 4.69) is 37.0 Å². The van der Waals surface area contributed by atoms with Gasteiger partial charge in [-0.3, -0.25) is 0 Å². The average molecular weight is 394 g/mol. The van der Waals surface area contributed by atoms with Gasteiger partial charge in [-0.25, -0.2) is 0 Å². The fraction of sp³-hybridized carbons (Fsp3) is 0. The zero-order valence-electron chi connectivity index (χ0n) is 10.3. The van der Waals surface area contributed by atoms with Gasteiger partial charge in [0.2, 0.25) is 0 Å². The van der Waals surface area contributed by atoms with Crippen LogP contribution in [0.5, 0.6) is 0 Å². The van der Waals surface area contributed by atoms with Gasteiger partial charge >= 0.3 is 0 Å². The fourth-order valence-electron chi connectivity index (χ4n) is 2.07. The fourth-order valence-corrected chi connectivity index (χ4v) is 3.36. The molecule has 3 rings (SSSR count). The summed E-state index contributed by atoms with van der Waals surface area (Å²) >= 11 is 6.95. The molecule has 0 aliphatic heterocycles. The molecule has 0 unspecified atom stereocenters. The van der Waals surface area contributed by atoms with Crippen LogP contribution in [0.15, 0.2) is 62.0 Å². The van der Waals surface area contributed by atoms with Crippen molar-refractivity contribution in [1.82, 2.24) is 5.16 Å². The maximum atomic E-state index is 5.96. The molecule has 0 aliphatic rings. The molecule has 0 bridgehead atoms. The zero-order chi connectivity index (χ0) is 14.1. The molecule has 0 spiro atoms. The first-order valence-corrected chi connectivity index (χ1v) is 7.51. The number of benzene rings is 2. The molecule has 20 heavy (non-hydrogen) atoms. The summed E-state index contributed by atoms with van der Waals surface area (Å²) in [5.74, 6) is 1.05. The molecule has 100 valence electrons. The third-order valence-corrected chi connectivity index (χ3v) is 3.82. The number of nitrogens with zero attached hydrogens (tertiary/aromatic N) is 1. The van der Waals surface area contributed by atoms with Gasteiger partial charge in [-0.05, 0) is 23.8 Å². The Bertz CT molecular complexity index is 734. The van der Waals surface area contributed by atoms with Gasteiger partial charge in [0.1, 0.15) is 0 Å². The number of rotatable bonds is 2. The molecule has 3 aromatic rings. The number of hydrogen-bond donors (Lipinski definition) is 1. The molecule has 0 amide bonds. The molecular weight excluding hydrogens is 384 g/mol. The molecule has 0 aliphatic carbocycles. The van der Waals surface area contributed by atoms with E-state index in [-0.39, 0.29) is 0 Å². The molecule has 0 saturated carbocycles. The monoisotopic (exact) mass is 392 g/mol. The predicted molar refractivity (Wildman–Crippen MR) is 87.2 cm³/mol. The normalized spacial score (nSPS) is 10.7. The lowest BCUT2D eigenvalue weighted by atomic mass is 10.0. The summed E-state index contributed by atoms with van der Waals surface area (Å²) in [6.45, 7) is 0. The average Bonchev–Trinajstić information content (AvgIpc) is 2.80. The highest BCUT2D eigenvalue weighted by Gasteiger charge is 2.18. The molecule has 0 radical (unpaired) electrons. The van der Waals surface area contributed by atoms with Crippen LogP contribution in [-0.4, -0.2) is 5.16 Å². The summed E-state index contributed by atoms with van der Waals surface area (Å²) in [5, 5.41) is 3.90. The van der Waals surface area contributed by atoms with Crippen LogP contribution in [0.25, 0.3) is 22.5 Å². The smallest absolute Gasteiger partial charge is 0.176 e. The van der Waals surface area contributed by atoms with Crippen LogP contribution < -0.4 is 5.73 Å². The first-order chi connectivity index (χ1) is 9.65. The first kappa shape index (κ1) is 13.4. The van der Waals surface area contributed by atoms with Crippen LogP contribution in [0.1, 0.15) is 0 Å². The summed E-state index contributed by atoms with van der Waals surface area (Å²) < 4.78 is 7.34. The van der Waals surface area contributed by atoms with Crippen molar-refractivity contribution in [1.29, 1.82) is 0 Å². The summed E-state index contributed by atoms with van der Waals surface area (Å²) in [6, 6.07) is 15.8. The predicted octanol–water partition coefficient (Wildman–Crippen LogP) is 5.12. The van der Waals surface area contributed by atoms with Crippen LogP contribution in [0.2, 0.25) is 0 Å². The Morgan fingerprint density at radius 3 is 2.20 bits per heavy atom. The molecule has 2 aromatic carbocycles. The standard InChI is InChI=1S/C15H10Br2N2O/c16-11-6-10(7-12(17)8-11)14-13(15(18)19-20-14)9-4-2-1-3-5-9/h1-8H,(H2,18,19). The molecule has 3 nitrogen and oxygen atoms in total. The SMILES string of the molecule is Nc1noc(-c2cc(Br)cc(Br)c2)c1-c1ccccc1. The molecule has 0 saturated heterocycles. The van der Waals surface area contributed by atoms with Gasteiger partial charge in [-0.1, -0.05) is 67.3 Å². The summed E-state index contributed by atoms with van der Waals surface area (Å²) in [4.78, 5) is 0. The molecule has 0 atom stereocenters. The van der Waals surface area contributed by atoms with Crippen molar-refractivity contribution in [2.75, 3.05) is 5.73 Å². The van der Waals surface area contributed by atoms with Crippen molar-refractivity contribution in [2.45, 2.75) is 0 Å². The lowest BCUT2D eigenvalue weighted by Crippen LogP contribution is -1.88. The van der Waals surface area contributed by atoms with E-state index < -0.39 is 0 Å². The summed E-state index contributed by atoms with van der Waals surface area (Å²) in [7, 11) is 0. The quantitative estimate of drug-likeness (QED) is 0.657. The van der Waals surface area contributed by atoms with E-state index >= 15 is 0 Å². The van der Waals surface area contributed by atoms with Crippen molar-refractivity contribution < 1.29 is 4.52 Å². The van der Waals surface area contributed by atoms with E-state index in [0.29, 0.717) is 11.6 Å². The lowest BCUT2D eigenvalue weighted by Gasteiger charge is -2.04. The number of anilines is 1. The number of halogens is 2. The minimum Gasteiger partial charge on any atom is -0.380 e. The molecule has 1 aromatic heterocycles. The second-order valence-electron chi connectivity index (χ2n) is 4.30. The maximum Gasteiger partial charge on any atom is 0.176 e. The minimum atomic E-state index is 0.391. The third-order valence-electron chi connectivity index (χ3n) is 2.91. The van der Waals surface area contributed by atoms with Crippen molar-refractivity contribution >= 4 is 37.7 Å². The molecule has 1 heterocycles. The van der Waals surface area contributed by atoms with E-state index in [1.807, 2.05) is 48.5 Å². The Hall–Kier alpha value is -1.59. The van der Waals surface area contributed by atoms with Crippen LogP contribution >= 0.6 is 31.9 Å². The lowest BCUT2D eigenvalue weighted by molar-refractivity contribution is 0.436. The van der Waals surface area contributed by atoms with Gasteiger partial charge in [0.05, 0.1) is 5.56 Å². The number of aromatic nitrogens is 1. The maximum absolute atomic E-state index is 5.96. The Morgan fingerprint density at radius 2 is 1.55 bits per heavy atom. The van der Waals surface area contributed by atoms with E-state index in [1.54, 1.807) is 0 Å². The Kier molecular flexibility index (Phi) is 3.63. The van der Waals surface area contributed by atoms with Gasteiger partial charge in [-0.2, -0.15) is 0 Å². The Morgan fingerprint density at radius 1 is 0.900 bits per heavy atom. The van der Waals surface area contributed by atoms with E-state index in [1.165, 1.54) is 0 Å². The molecule has 2 N–H and O–H groups in total. The summed E-state index contributed by atoms with van der Waals surface area (Å²) in [6.07, 6.45) is 0. The van der Waals surface area contributed by atoms with Crippen molar-refractivity contribution in [2.24, 2.45) is 0 Å². The van der Waals surface area contributed by atoms with Crippen molar-refractivity contribution in [3.8, 4) is 22.5 Å². The van der Waals surface area contributed by atoms with Crippen LogP contribution in [0.3, 0.4) is 0 Å². The number of hydrogen-bond acceptors (Lipinski definition) is 3. The van der Waals surface area contributed by atoms with Crippen LogP contribution in [0.4, 0.5) is 5.82 Å². The second kappa shape index (κ2) is 5.42. The number of nitrogen functional groups attached to an aromatic ring is 1. The molecule has 5 heteroatoms. The van der Waals surface area contributed by atoms with Gasteiger partial charge in [-0.15, -0.1) is 0 Å². The Labute approximate surface area is 133 Å². The highest BCUT2D eigenvalue weighted by molar-refractivity contribution is 9.11. The van der Waals surface area contributed by atoms with Crippen LogP contribution in [-0.2, 0) is 0 Å². The minimum absolute atomic E-state index is 0.391. The summed E-state index contributed by atoms with van der Waals surface area (Å²) in [5.41, 5.74) is 8.67. The topological polar surface area (TPSA) is 52.0 Å². The highest BCUT2D eigenvalue weighted by atomic mass is 79.9. The largest absolute Gasteiger partial charge is 0.380 e. The number of nitrogens with two attached hydrogens (primary N) is 1. The van der Waals surface area contributed by atoms with Gasteiger partial charge in [0, 0.05) is 14.5 Å². The second-order valence-corrected chi connectivity index (χ2v) is 6.13. The third kappa shape index (κ3) is 2.51. The molecular formula is C15H10Br2N2O. The molecule has 0 fully saturated rings. The van der Waals surface area contributed by atoms with Crippen LogP contribution in [0, 0.1) is 0 Å². The zero-order valence-corrected chi connectivity index (χ0v) is 13.5.